The maximum absolute atomic E-state index is 12.6. The van der Waals surface area contributed by atoms with Gasteiger partial charge in [0.15, 0.2) is 0 Å². The van der Waals surface area contributed by atoms with Crippen molar-refractivity contribution in [2.45, 2.75) is 44.0 Å². The molecule has 0 saturated carbocycles. The Hall–Kier alpha value is -1.40. The number of amides is 1. The normalized spacial score (nSPS) is 17.6. The van der Waals surface area contributed by atoms with Crippen molar-refractivity contribution in [3.05, 3.63) is 29.8 Å². The Morgan fingerprint density at radius 3 is 2.29 bits per heavy atom. The molecular formula is C15H22N2O3S. The van der Waals surface area contributed by atoms with Gasteiger partial charge in [-0.05, 0) is 37.0 Å². The fourth-order valence-corrected chi connectivity index (χ4v) is 4.04. The van der Waals surface area contributed by atoms with Crippen molar-refractivity contribution in [2.24, 2.45) is 0 Å². The molecule has 0 unspecified atom stereocenters. The number of carbonyl (C=O) groups excluding carboxylic acids is 1. The molecule has 5 nitrogen and oxygen atoms in total. The van der Waals surface area contributed by atoms with Crippen LogP contribution in [0.15, 0.2) is 29.2 Å². The van der Waals surface area contributed by atoms with Crippen molar-refractivity contribution in [1.29, 1.82) is 0 Å². The van der Waals surface area contributed by atoms with Crippen LogP contribution >= 0.6 is 0 Å². The highest BCUT2D eigenvalue weighted by atomic mass is 32.2. The van der Waals surface area contributed by atoms with Crippen LogP contribution in [0.4, 0.5) is 0 Å². The van der Waals surface area contributed by atoms with Crippen LogP contribution in [0.2, 0.25) is 0 Å². The average Bonchev–Trinajstić information content (AvgIpc) is 2.47. The van der Waals surface area contributed by atoms with Crippen LogP contribution in [-0.2, 0) is 21.2 Å². The van der Waals surface area contributed by atoms with Crippen molar-refractivity contribution < 1.29 is 13.2 Å². The maximum Gasteiger partial charge on any atom is 0.243 e. The van der Waals surface area contributed by atoms with Crippen LogP contribution in [0.25, 0.3) is 0 Å². The molecule has 2 rings (SSSR count). The van der Waals surface area contributed by atoms with Gasteiger partial charge in [-0.1, -0.05) is 19.1 Å². The van der Waals surface area contributed by atoms with Gasteiger partial charge in [-0.2, -0.15) is 4.31 Å². The Balaban J connectivity index is 2.05. The molecule has 1 aliphatic heterocycles. The van der Waals surface area contributed by atoms with Gasteiger partial charge in [0.1, 0.15) is 0 Å². The third kappa shape index (κ3) is 3.83. The molecule has 1 aromatic carbocycles. The Kier molecular flexibility index (Phi) is 5.00. The second kappa shape index (κ2) is 6.58. The van der Waals surface area contributed by atoms with Gasteiger partial charge < -0.3 is 5.32 Å². The molecule has 1 aromatic rings. The number of piperidine rings is 1. The first-order valence-electron chi connectivity index (χ1n) is 7.29. The molecule has 116 valence electrons. The number of sulfonamides is 1. The highest BCUT2D eigenvalue weighted by molar-refractivity contribution is 7.89. The van der Waals surface area contributed by atoms with E-state index in [1.807, 2.05) is 19.1 Å². The molecule has 1 fully saturated rings. The van der Waals surface area contributed by atoms with Gasteiger partial charge >= 0.3 is 0 Å². The minimum Gasteiger partial charge on any atom is -0.354 e. The van der Waals surface area contributed by atoms with E-state index in [4.69, 9.17) is 0 Å². The molecule has 0 aliphatic carbocycles. The third-order valence-electron chi connectivity index (χ3n) is 3.83. The van der Waals surface area contributed by atoms with E-state index in [0.717, 1.165) is 12.0 Å². The van der Waals surface area contributed by atoms with Crippen molar-refractivity contribution in [3.8, 4) is 0 Å². The second-order valence-corrected chi connectivity index (χ2v) is 7.31. The molecule has 21 heavy (non-hydrogen) atoms. The van der Waals surface area contributed by atoms with E-state index in [1.165, 1.54) is 11.2 Å². The smallest absolute Gasteiger partial charge is 0.243 e. The minimum absolute atomic E-state index is 0.0635. The quantitative estimate of drug-likeness (QED) is 0.917. The molecule has 0 radical (unpaired) electrons. The number of benzene rings is 1. The van der Waals surface area contributed by atoms with E-state index in [9.17, 15) is 13.2 Å². The zero-order valence-corrected chi connectivity index (χ0v) is 13.3. The Morgan fingerprint density at radius 1 is 1.24 bits per heavy atom. The molecular weight excluding hydrogens is 288 g/mol. The Bertz CT molecular complexity index is 588. The molecule has 1 aliphatic rings. The molecule has 1 heterocycles. The highest BCUT2D eigenvalue weighted by Gasteiger charge is 2.29. The van der Waals surface area contributed by atoms with Crippen molar-refractivity contribution in [1.82, 2.24) is 9.62 Å². The fraction of sp³-hybridized carbons (Fsp3) is 0.533. The summed E-state index contributed by atoms with van der Waals surface area (Å²) in [5.74, 6) is -0.0635. The zero-order chi connectivity index (χ0) is 15.5. The van der Waals surface area contributed by atoms with Crippen molar-refractivity contribution >= 4 is 15.9 Å². The first-order valence-corrected chi connectivity index (χ1v) is 8.73. The topological polar surface area (TPSA) is 66.5 Å². The summed E-state index contributed by atoms with van der Waals surface area (Å²) in [6.07, 6.45) is 2.21. The summed E-state index contributed by atoms with van der Waals surface area (Å²) in [4.78, 5) is 11.4. The van der Waals surface area contributed by atoms with Gasteiger partial charge in [0, 0.05) is 26.1 Å². The number of nitrogens with zero attached hydrogens (tertiary/aromatic N) is 1. The van der Waals surface area contributed by atoms with Crippen LogP contribution in [0.5, 0.6) is 0 Å². The summed E-state index contributed by atoms with van der Waals surface area (Å²) >= 11 is 0. The first-order chi connectivity index (χ1) is 9.93. The van der Waals surface area contributed by atoms with Crippen LogP contribution < -0.4 is 5.32 Å². The number of hydrogen-bond acceptors (Lipinski definition) is 3. The summed E-state index contributed by atoms with van der Waals surface area (Å²) in [7, 11) is -3.42. The third-order valence-corrected chi connectivity index (χ3v) is 5.74. The lowest BCUT2D eigenvalue weighted by atomic mass is 10.1. The van der Waals surface area contributed by atoms with Crippen LogP contribution in [0, 0.1) is 0 Å². The van der Waals surface area contributed by atoms with E-state index in [-0.39, 0.29) is 11.9 Å². The molecule has 0 bridgehead atoms. The second-order valence-electron chi connectivity index (χ2n) is 5.38. The molecule has 0 aromatic heterocycles. The van der Waals surface area contributed by atoms with Gasteiger partial charge in [-0.25, -0.2) is 8.42 Å². The van der Waals surface area contributed by atoms with Gasteiger partial charge in [-0.3, -0.25) is 4.79 Å². The highest BCUT2D eigenvalue weighted by Crippen LogP contribution is 2.21. The Labute approximate surface area is 126 Å². The first kappa shape index (κ1) is 16.0. The summed E-state index contributed by atoms with van der Waals surface area (Å²) in [5, 5.41) is 2.85. The monoisotopic (exact) mass is 310 g/mol. The average molecular weight is 310 g/mol. The molecule has 0 atom stereocenters. The van der Waals surface area contributed by atoms with E-state index in [2.05, 4.69) is 5.32 Å². The summed E-state index contributed by atoms with van der Waals surface area (Å²) in [6, 6.07) is 7.15. The summed E-state index contributed by atoms with van der Waals surface area (Å²) < 4.78 is 26.6. The zero-order valence-electron chi connectivity index (χ0n) is 12.5. The number of carbonyl (C=O) groups is 1. The number of nitrogens with one attached hydrogen (secondary N) is 1. The lowest BCUT2D eigenvalue weighted by molar-refractivity contribution is -0.119. The van der Waals surface area contributed by atoms with Crippen LogP contribution in [0.3, 0.4) is 0 Å². The number of aryl methyl sites for hydroxylation is 1. The SMILES string of the molecule is CCc1ccc(S(=O)(=O)N2CCC(NC(C)=O)CC2)cc1. The van der Waals surface area contributed by atoms with E-state index >= 15 is 0 Å². The maximum atomic E-state index is 12.6. The van der Waals surface area contributed by atoms with Gasteiger partial charge in [0.2, 0.25) is 15.9 Å². The molecule has 0 spiro atoms. The van der Waals surface area contributed by atoms with Crippen LogP contribution in [-0.4, -0.2) is 37.8 Å². The van der Waals surface area contributed by atoms with E-state index < -0.39 is 10.0 Å². The van der Waals surface area contributed by atoms with Gasteiger partial charge in [0.25, 0.3) is 0 Å². The molecule has 1 saturated heterocycles. The fourth-order valence-electron chi connectivity index (χ4n) is 2.57. The molecule has 1 amide bonds. The van der Waals surface area contributed by atoms with Crippen molar-refractivity contribution in [3.63, 3.8) is 0 Å². The predicted octanol–water partition coefficient (Wildman–Crippen LogP) is 1.54. The van der Waals surface area contributed by atoms with Crippen molar-refractivity contribution in [2.75, 3.05) is 13.1 Å². The van der Waals surface area contributed by atoms with Gasteiger partial charge in [-0.15, -0.1) is 0 Å². The largest absolute Gasteiger partial charge is 0.354 e. The summed E-state index contributed by atoms with van der Waals surface area (Å²) in [5.41, 5.74) is 1.12. The minimum atomic E-state index is -3.42. The number of hydrogen-bond donors (Lipinski definition) is 1. The van der Waals surface area contributed by atoms with Crippen LogP contribution in [0.1, 0.15) is 32.3 Å². The Morgan fingerprint density at radius 2 is 1.81 bits per heavy atom. The lowest BCUT2D eigenvalue weighted by Crippen LogP contribution is -2.45. The molecule has 1 N–H and O–H groups in total. The number of rotatable bonds is 4. The van der Waals surface area contributed by atoms with Gasteiger partial charge in [0.05, 0.1) is 4.90 Å². The van der Waals surface area contributed by atoms with E-state index in [1.54, 1.807) is 12.1 Å². The predicted molar refractivity (Wildman–Crippen MR) is 81.4 cm³/mol. The van der Waals surface area contributed by atoms with E-state index in [0.29, 0.717) is 30.8 Å². The summed E-state index contributed by atoms with van der Waals surface area (Å²) in [6.45, 7) is 4.42. The lowest BCUT2D eigenvalue weighted by Gasteiger charge is -2.31. The molecule has 6 heteroatoms. The standard InChI is InChI=1S/C15H22N2O3S/c1-3-13-4-6-15(7-5-13)21(19,20)17-10-8-14(9-11-17)16-12(2)18/h4-7,14H,3,8-11H2,1-2H3,(H,16,18).